The summed E-state index contributed by atoms with van der Waals surface area (Å²) in [6.07, 6.45) is 108. The smallest absolute Gasteiger partial charge is 0.220 e. The minimum atomic E-state index is -0.883. The van der Waals surface area contributed by atoms with Crippen LogP contribution in [0.3, 0.4) is 0 Å². The summed E-state index contributed by atoms with van der Waals surface area (Å²) in [4.78, 5) is 12.5. The lowest BCUT2D eigenvalue weighted by atomic mass is 10.0. The molecule has 4 heteroatoms. The SMILES string of the molecule is CC/C=C\C/C=C\C/C=C\C/C=C\C/C=C\C/C=C\C/C=C\C/C=C\C/C=C\CCCCCCCCCCCCCC(=O)NC(CO)C(O)/C=C/CC/C=C/CC/C=C/CCCCCCCCCCCCCCCCCCCC. The van der Waals surface area contributed by atoms with Crippen LogP contribution in [0.1, 0.15) is 303 Å². The van der Waals surface area contributed by atoms with Gasteiger partial charge in [0, 0.05) is 6.42 Å². The topological polar surface area (TPSA) is 69.6 Å². The Kier molecular flexibility index (Phi) is 65.3. The zero-order chi connectivity index (χ0) is 56.9. The van der Waals surface area contributed by atoms with Crippen LogP contribution >= 0.6 is 0 Å². The van der Waals surface area contributed by atoms with Gasteiger partial charge in [-0.2, -0.15) is 0 Å². The van der Waals surface area contributed by atoms with Gasteiger partial charge in [-0.3, -0.25) is 4.79 Å². The van der Waals surface area contributed by atoms with Crippen LogP contribution in [0.4, 0.5) is 0 Å². The van der Waals surface area contributed by atoms with Crippen LogP contribution in [0.25, 0.3) is 0 Å². The predicted octanol–water partition coefficient (Wildman–Crippen LogP) is 23.1. The first-order valence-corrected chi connectivity index (χ1v) is 33.5. The summed E-state index contributed by atoms with van der Waals surface area (Å²) >= 11 is 0. The second-order valence-electron chi connectivity index (χ2n) is 22.1. The Morgan fingerprint density at radius 3 is 0.886 bits per heavy atom. The largest absolute Gasteiger partial charge is 0.394 e. The zero-order valence-electron chi connectivity index (χ0n) is 51.8. The lowest BCUT2D eigenvalue weighted by Gasteiger charge is -2.19. The fraction of sp³-hybridized carbons (Fsp3) is 0.667. The van der Waals surface area contributed by atoms with Gasteiger partial charge in [0.15, 0.2) is 0 Å². The Hall–Kier alpha value is -3.73. The number of rotatable bonds is 60. The van der Waals surface area contributed by atoms with Crippen LogP contribution in [0, 0.1) is 0 Å². The Balaban J connectivity index is 3.61. The lowest BCUT2D eigenvalue weighted by Crippen LogP contribution is -2.45. The molecule has 4 nitrogen and oxygen atoms in total. The number of allylic oxidation sites excluding steroid dienone is 23. The van der Waals surface area contributed by atoms with Crippen LogP contribution in [-0.4, -0.2) is 34.9 Å². The van der Waals surface area contributed by atoms with E-state index in [4.69, 9.17) is 0 Å². The summed E-state index contributed by atoms with van der Waals surface area (Å²) in [5.74, 6) is -0.0847. The Morgan fingerprint density at radius 2 is 0.570 bits per heavy atom. The molecule has 3 N–H and O–H groups in total. The Bertz CT molecular complexity index is 1620. The average Bonchev–Trinajstić information content (AvgIpc) is 3.45. The van der Waals surface area contributed by atoms with E-state index in [1.165, 1.54) is 180 Å². The number of unbranched alkanes of at least 4 members (excludes halogenated alkanes) is 31. The molecule has 0 aliphatic rings. The minimum Gasteiger partial charge on any atom is -0.394 e. The van der Waals surface area contributed by atoms with E-state index in [9.17, 15) is 15.0 Å². The molecule has 0 radical (unpaired) electrons. The van der Waals surface area contributed by atoms with E-state index in [1.54, 1.807) is 6.08 Å². The molecule has 0 fully saturated rings. The number of carbonyl (C=O) groups is 1. The van der Waals surface area contributed by atoms with Crippen LogP contribution in [0.15, 0.2) is 146 Å². The quantitative estimate of drug-likeness (QED) is 0.0420. The molecule has 0 aliphatic carbocycles. The van der Waals surface area contributed by atoms with Crippen LogP contribution < -0.4 is 5.32 Å². The molecular formula is C75H127NO3. The first kappa shape index (κ1) is 75.3. The highest BCUT2D eigenvalue weighted by atomic mass is 16.3. The van der Waals surface area contributed by atoms with Gasteiger partial charge >= 0.3 is 0 Å². The van der Waals surface area contributed by atoms with Gasteiger partial charge in [0.2, 0.25) is 5.91 Å². The van der Waals surface area contributed by atoms with Crippen molar-refractivity contribution in [2.24, 2.45) is 0 Å². The van der Waals surface area contributed by atoms with Gasteiger partial charge in [0.1, 0.15) is 0 Å². The van der Waals surface area contributed by atoms with Gasteiger partial charge in [-0.05, 0) is 116 Å². The summed E-state index contributed by atoms with van der Waals surface area (Å²) in [5.41, 5.74) is 0. The maximum atomic E-state index is 12.5. The minimum absolute atomic E-state index is 0.0847. The van der Waals surface area contributed by atoms with E-state index in [2.05, 4.69) is 153 Å². The van der Waals surface area contributed by atoms with Crippen molar-refractivity contribution in [1.29, 1.82) is 0 Å². The van der Waals surface area contributed by atoms with Crippen LogP contribution in [-0.2, 0) is 4.79 Å². The molecule has 0 bridgehead atoms. The maximum Gasteiger partial charge on any atom is 0.220 e. The van der Waals surface area contributed by atoms with E-state index in [0.29, 0.717) is 6.42 Å². The molecule has 0 aromatic rings. The van der Waals surface area contributed by atoms with Gasteiger partial charge in [-0.1, -0.05) is 327 Å². The van der Waals surface area contributed by atoms with Gasteiger partial charge in [-0.15, -0.1) is 0 Å². The predicted molar refractivity (Wildman–Crippen MR) is 354 cm³/mol. The summed E-state index contributed by atoms with van der Waals surface area (Å²) in [6.45, 7) is 4.19. The molecule has 0 rings (SSSR count). The average molecular weight is 1090 g/mol. The highest BCUT2D eigenvalue weighted by Crippen LogP contribution is 2.16. The number of aliphatic hydroxyl groups is 2. The standard InChI is InChI=1S/C75H127NO3/c1-3-5-7-9-11-13-15-17-19-21-23-25-27-29-31-33-34-35-36-37-38-39-40-41-42-43-45-47-49-51-53-55-57-59-61-63-65-67-69-71-75(79)76-73(72-77)74(78)70-68-66-64-62-60-58-56-54-52-50-48-46-44-32-30-28-26-24-22-20-18-16-14-12-10-8-6-4-2/h5,7,11,13,17,19,23,25,29,31,34-35,37-38,40-41,43,45,52,54,60,62,68,70,73-74,77-78H,3-4,6,8-10,12,14-16,18,20-22,24,26-28,30,32-33,36,39,42,44,46-51,53,55-59,61,63-67,69,71-72H2,1-2H3,(H,76,79)/b7-5-,13-11-,19-17-,25-23-,31-29-,35-34-,38-37-,41-40-,45-43-,54-52+,62-60+,70-68+. The van der Waals surface area contributed by atoms with Crippen molar-refractivity contribution in [3.05, 3.63) is 146 Å². The highest BCUT2D eigenvalue weighted by molar-refractivity contribution is 5.76. The molecule has 2 atom stereocenters. The molecule has 0 aromatic heterocycles. The van der Waals surface area contributed by atoms with Gasteiger partial charge in [0.05, 0.1) is 18.8 Å². The second kappa shape index (κ2) is 68.5. The van der Waals surface area contributed by atoms with Crippen LogP contribution in [0.2, 0.25) is 0 Å². The molecule has 0 saturated carbocycles. The third-order valence-corrected chi connectivity index (χ3v) is 14.5. The fourth-order valence-electron chi connectivity index (χ4n) is 9.50. The third kappa shape index (κ3) is 65.0. The summed E-state index contributed by atoms with van der Waals surface area (Å²) in [6, 6.07) is -0.659. The normalized spacial score (nSPS) is 13.7. The van der Waals surface area contributed by atoms with Crippen molar-refractivity contribution in [1.82, 2.24) is 5.32 Å². The van der Waals surface area contributed by atoms with Gasteiger partial charge in [-0.25, -0.2) is 0 Å². The Morgan fingerprint density at radius 1 is 0.316 bits per heavy atom. The lowest BCUT2D eigenvalue weighted by molar-refractivity contribution is -0.123. The molecule has 0 aromatic carbocycles. The van der Waals surface area contributed by atoms with Crippen molar-refractivity contribution >= 4 is 5.91 Å². The van der Waals surface area contributed by atoms with E-state index >= 15 is 0 Å². The zero-order valence-corrected chi connectivity index (χ0v) is 51.8. The number of hydrogen-bond donors (Lipinski definition) is 3. The number of hydrogen-bond acceptors (Lipinski definition) is 3. The molecular weight excluding hydrogens is 963 g/mol. The molecule has 450 valence electrons. The van der Waals surface area contributed by atoms with E-state index < -0.39 is 12.1 Å². The van der Waals surface area contributed by atoms with Crippen molar-refractivity contribution in [2.75, 3.05) is 6.61 Å². The first-order valence-electron chi connectivity index (χ1n) is 33.5. The maximum absolute atomic E-state index is 12.5. The molecule has 0 aliphatic heterocycles. The molecule has 0 saturated heterocycles. The molecule has 0 heterocycles. The van der Waals surface area contributed by atoms with Gasteiger partial charge in [0.25, 0.3) is 0 Å². The summed E-state index contributed by atoms with van der Waals surface area (Å²) in [7, 11) is 0. The van der Waals surface area contributed by atoms with Crippen molar-refractivity contribution < 1.29 is 15.0 Å². The van der Waals surface area contributed by atoms with E-state index in [0.717, 1.165) is 103 Å². The van der Waals surface area contributed by atoms with E-state index in [-0.39, 0.29) is 12.5 Å². The van der Waals surface area contributed by atoms with E-state index in [1.807, 2.05) is 6.08 Å². The fourth-order valence-corrected chi connectivity index (χ4v) is 9.50. The summed E-state index contributed by atoms with van der Waals surface area (Å²) in [5, 5.41) is 23.2. The number of aliphatic hydroxyl groups excluding tert-OH is 2. The van der Waals surface area contributed by atoms with Crippen molar-refractivity contribution in [3.8, 4) is 0 Å². The molecule has 1 amide bonds. The first-order chi connectivity index (χ1) is 39.2. The third-order valence-electron chi connectivity index (χ3n) is 14.5. The summed E-state index contributed by atoms with van der Waals surface area (Å²) < 4.78 is 0. The number of carbonyl (C=O) groups excluding carboxylic acids is 1. The number of nitrogens with one attached hydrogen (secondary N) is 1. The Labute approximate surface area is 491 Å². The number of amides is 1. The van der Waals surface area contributed by atoms with Crippen LogP contribution in [0.5, 0.6) is 0 Å². The highest BCUT2D eigenvalue weighted by Gasteiger charge is 2.18. The second-order valence-corrected chi connectivity index (χ2v) is 22.1. The monoisotopic (exact) mass is 1090 g/mol. The van der Waals surface area contributed by atoms with Crippen molar-refractivity contribution in [2.45, 2.75) is 315 Å². The molecule has 2 unspecified atom stereocenters. The van der Waals surface area contributed by atoms with Crippen molar-refractivity contribution in [3.63, 3.8) is 0 Å². The molecule has 0 spiro atoms. The van der Waals surface area contributed by atoms with Gasteiger partial charge < -0.3 is 15.5 Å². The molecule has 79 heavy (non-hydrogen) atoms.